The van der Waals surface area contributed by atoms with Crippen molar-refractivity contribution in [3.8, 4) is 0 Å². The summed E-state index contributed by atoms with van der Waals surface area (Å²) in [6.07, 6.45) is 5.98. The fourth-order valence-corrected chi connectivity index (χ4v) is 6.30. The SMILES string of the molecule is O=C(OCCOCCOCCOCCN1C(=O)c2ccc3c4c(ccc(c24)C1=O)C(=O)N(CCOCCOCCOCCOC(=O)c1cccnc1)C3=O)c1cccnc1. The van der Waals surface area contributed by atoms with E-state index >= 15 is 0 Å². The average Bonchev–Trinajstić information content (AvgIpc) is 3.27. The maximum atomic E-state index is 13.5. The van der Waals surface area contributed by atoms with Crippen molar-refractivity contribution >= 4 is 46.3 Å². The Morgan fingerprint density at radius 3 is 1.02 bits per heavy atom. The lowest BCUT2D eigenvalue weighted by molar-refractivity contribution is -0.00128. The molecule has 2 aromatic carbocycles. The molecule has 6 rings (SSSR count). The van der Waals surface area contributed by atoms with E-state index in [4.69, 9.17) is 37.9 Å². The molecule has 0 bridgehead atoms. The van der Waals surface area contributed by atoms with Crippen LogP contribution in [0.4, 0.5) is 0 Å². The van der Waals surface area contributed by atoms with Gasteiger partial charge in [0.05, 0.1) is 103 Å². The molecule has 4 amide bonds. The van der Waals surface area contributed by atoms with Crippen molar-refractivity contribution in [2.24, 2.45) is 0 Å². The van der Waals surface area contributed by atoms with E-state index < -0.39 is 35.6 Å². The first kappa shape index (κ1) is 43.6. The van der Waals surface area contributed by atoms with Crippen LogP contribution < -0.4 is 0 Å². The van der Waals surface area contributed by atoms with Crippen LogP contribution in [0, 0.1) is 0 Å². The first-order valence-corrected chi connectivity index (χ1v) is 19.3. The Bertz CT molecular complexity index is 1910. The average molecular weight is 829 g/mol. The number of pyridine rings is 2. The van der Waals surface area contributed by atoms with Crippen LogP contribution in [-0.4, -0.2) is 161 Å². The van der Waals surface area contributed by atoms with Gasteiger partial charge in [-0.3, -0.25) is 38.9 Å². The zero-order chi connectivity index (χ0) is 42.1. The van der Waals surface area contributed by atoms with Crippen LogP contribution >= 0.6 is 0 Å². The van der Waals surface area contributed by atoms with Crippen LogP contribution in [0.3, 0.4) is 0 Å². The molecule has 316 valence electrons. The van der Waals surface area contributed by atoms with E-state index in [-0.39, 0.29) is 139 Å². The molecule has 60 heavy (non-hydrogen) atoms. The number of hydrogen-bond acceptors (Lipinski definition) is 16. The van der Waals surface area contributed by atoms with Crippen molar-refractivity contribution < 1.29 is 66.7 Å². The Morgan fingerprint density at radius 2 is 0.717 bits per heavy atom. The third-order valence-electron chi connectivity index (χ3n) is 9.19. The van der Waals surface area contributed by atoms with Gasteiger partial charge in [-0.15, -0.1) is 0 Å². The van der Waals surface area contributed by atoms with Gasteiger partial charge in [0, 0.05) is 57.8 Å². The first-order chi connectivity index (χ1) is 29.4. The number of ether oxygens (including phenoxy) is 8. The minimum atomic E-state index is -0.550. The van der Waals surface area contributed by atoms with Gasteiger partial charge in [0.1, 0.15) is 13.2 Å². The molecular weight excluding hydrogens is 784 g/mol. The number of imide groups is 2. The topological polar surface area (TPSA) is 209 Å². The van der Waals surface area contributed by atoms with Crippen LogP contribution in [0.1, 0.15) is 62.1 Å². The molecule has 0 atom stereocenters. The largest absolute Gasteiger partial charge is 0.460 e. The smallest absolute Gasteiger partial charge is 0.339 e. The van der Waals surface area contributed by atoms with E-state index in [0.717, 1.165) is 9.80 Å². The number of carbonyl (C=O) groups excluding carboxylic acids is 6. The van der Waals surface area contributed by atoms with Crippen LogP contribution in [0.5, 0.6) is 0 Å². The minimum absolute atomic E-state index is 0.0139. The van der Waals surface area contributed by atoms with Gasteiger partial charge in [-0.1, -0.05) is 0 Å². The zero-order valence-corrected chi connectivity index (χ0v) is 32.7. The van der Waals surface area contributed by atoms with Crippen molar-refractivity contribution in [1.29, 1.82) is 0 Å². The van der Waals surface area contributed by atoms with Gasteiger partial charge in [0.25, 0.3) is 23.6 Å². The van der Waals surface area contributed by atoms with Gasteiger partial charge in [-0.05, 0) is 48.5 Å². The number of benzene rings is 2. The van der Waals surface area contributed by atoms with Crippen LogP contribution in [0.15, 0.2) is 73.3 Å². The van der Waals surface area contributed by atoms with Gasteiger partial charge in [0.2, 0.25) is 0 Å². The molecule has 18 nitrogen and oxygen atoms in total. The summed E-state index contributed by atoms with van der Waals surface area (Å²) in [5.41, 5.74) is 1.58. The molecule has 0 radical (unpaired) electrons. The maximum Gasteiger partial charge on any atom is 0.339 e. The predicted octanol–water partition coefficient (Wildman–Crippen LogP) is 2.64. The second kappa shape index (κ2) is 22.4. The molecule has 18 heteroatoms. The highest BCUT2D eigenvalue weighted by atomic mass is 16.6. The van der Waals surface area contributed by atoms with Gasteiger partial charge in [-0.2, -0.15) is 0 Å². The molecule has 0 aliphatic carbocycles. The predicted molar refractivity (Wildman–Crippen MR) is 209 cm³/mol. The standard InChI is InChI=1S/C42H44N4O14/c47-37-31-5-7-33-36-34(40(50)46(39(33)49)12-14-54-16-18-56-20-22-58-24-26-60-42(52)30-4-2-10-44-28-30)8-6-32(35(31)36)38(48)45(37)11-13-53-15-17-55-19-21-57-23-25-59-41(51)29-3-1-9-43-27-29/h1-10,27-28H,11-26H2. The summed E-state index contributed by atoms with van der Waals surface area (Å²) in [7, 11) is 0. The fourth-order valence-electron chi connectivity index (χ4n) is 6.30. The molecule has 2 aliphatic rings. The Kier molecular flexibility index (Phi) is 16.2. The summed E-state index contributed by atoms with van der Waals surface area (Å²) >= 11 is 0. The van der Waals surface area contributed by atoms with Crippen molar-refractivity contribution in [3.05, 3.63) is 107 Å². The fraction of sp³-hybridized carbons (Fsp3) is 0.381. The molecular formula is C42H44N4O14. The van der Waals surface area contributed by atoms with Crippen molar-refractivity contribution in [3.63, 3.8) is 0 Å². The molecule has 0 N–H and O–H groups in total. The first-order valence-electron chi connectivity index (χ1n) is 19.3. The van der Waals surface area contributed by atoms with E-state index in [2.05, 4.69) is 9.97 Å². The highest BCUT2D eigenvalue weighted by Crippen LogP contribution is 2.37. The molecule has 4 aromatic rings. The number of nitrogens with zero attached hydrogens (tertiary/aromatic N) is 4. The lowest BCUT2D eigenvalue weighted by atomic mass is 9.86. The second-order valence-electron chi connectivity index (χ2n) is 13.0. The number of carbonyl (C=O) groups is 6. The molecule has 2 aliphatic heterocycles. The summed E-state index contributed by atoms with van der Waals surface area (Å²) in [5, 5.41) is 0.563. The second-order valence-corrected chi connectivity index (χ2v) is 13.0. The molecule has 0 spiro atoms. The monoisotopic (exact) mass is 828 g/mol. The van der Waals surface area contributed by atoms with Gasteiger partial charge in [0.15, 0.2) is 0 Å². The number of hydrogen-bond donors (Lipinski definition) is 0. The van der Waals surface area contributed by atoms with Gasteiger partial charge >= 0.3 is 11.9 Å². The van der Waals surface area contributed by atoms with E-state index in [9.17, 15) is 28.8 Å². The van der Waals surface area contributed by atoms with E-state index in [1.165, 1.54) is 36.7 Å². The summed E-state index contributed by atoms with van der Waals surface area (Å²) in [6.45, 7) is 2.78. The van der Waals surface area contributed by atoms with Crippen molar-refractivity contribution in [2.45, 2.75) is 0 Å². The maximum absolute atomic E-state index is 13.5. The number of esters is 2. The Balaban J connectivity index is 0.852. The zero-order valence-electron chi connectivity index (χ0n) is 32.7. The summed E-state index contributed by atoms with van der Waals surface area (Å²) in [4.78, 5) is 87.8. The Morgan fingerprint density at radius 1 is 0.417 bits per heavy atom. The summed E-state index contributed by atoms with van der Waals surface area (Å²) < 4.78 is 43.2. The van der Waals surface area contributed by atoms with Gasteiger partial charge < -0.3 is 37.9 Å². The molecule has 0 saturated heterocycles. The molecule has 4 heterocycles. The minimum Gasteiger partial charge on any atom is -0.460 e. The van der Waals surface area contributed by atoms with Crippen LogP contribution in [0.25, 0.3) is 10.8 Å². The van der Waals surface area contributed by atoms with Gasteiger partial charge in [-0.25, -0.2) is 9.59 Å². The van der Waals surface area contributed by atoms with E-state index in [0.29, 0.717) is 11.1 Å². The van der Waals surface area contributed by atoms with E-state index in [1.807, 2.05) is 0 Å². The van der Waals surface area contributed by atoms with Crippen molar-refractivity contribution in [1.82, 2.24) is 19.8 Å². The third kappa shape index (κ3) is 11.2. The van der Waals surface area contributed by atoms with Crippen LogP contribution in [0.2, 0.25) is 0 Å². The molecule has 0 unspecified atom stereocenters. The quantitative estimate of drug-likeness (QED) is 0.0506. The summed E-state index contributed by atoms with van der Waals surface area (Å²) in [5.74, 6) is -3.15. The Labute approximate surface area is 344 Å². The van der Waals surface area contributed by atoms with Crippen molar-refractivity contribution in [2.75, 3.05) is 106 Å². The number of rotatable bonds is 26. The molecule has 0 fully saturated rings. The number of aromatic nitrogens is 2. The third-order valence-corrected chi connectivity index (χ3v) is 9.19. The van der Waals surface area contributed by atoms with Crippen LogP contribution in [-0.2, 0) is 37.9 Å². The Hall–Kier alpha value is -6.02. The highest BCUT2D eigenvalue weighted by molar-refractivity contribution is 6.33. The summed E-state index contributed by atoms with van der Waals surface area (Å²) in [6, 6.07) is 12.5. The lowest BCUT2D eigenvalue weighted by Crippen LogP contribution is -2.45. The van der Waals surface area contributed by atoms with E-state index in [1.54, 1.807) is 36.7 Å². The molecule has 2 aromatic heterocycles. The number of amides is 4. The lowest BCUT2D eigenvalue weighted by Gasteiger charge is -2.31. The normalized spacial score (nSPS) is 13.3. The highest BCUT2D eigenvalue weighted by Gasteiger charge is 2.39. The molecule has 0 saturated carbocycles.